The fourth-order valence-corrected chi connectivity index (χ4v) is 5.35. The smallest absolute Gasteiger partial charge is 0.337 e. The third-order valence-corrected chi connectivity index (χ3v) is 7.04. The van der Waals surface area contributed by atoms with Crippen LogP contribution in [-0.4, -0.2) is 81.1 Å². The first-order chi connectivity index (χ1) is 16.5. The second-order valence-electron chi connectivity index (χ2n) is 8.03. The molecule has 3 N–H and O–H groups in total. The molecule has 3 rings (SSSR count). The summed E-state index contributed by atoms with van der Waals surface area (Å²) < 4.78 is 20.8. The van der Waals surface area contributed by atoms with Crippen molar-refractivity contribution in [1.82, 2.24) is 16.0 Å². The topological polar surface area (TPSA) is 124 Å². The Hall–Kier alpha value is -2.50. The summed E-state index contributed by atoms with van der Waals surface area (Å²) >= 11 is 1.89. The molecule has 3 amide bonds. The Labute approximate surface area is 203 Å². The molecule has 2 aliphatic heterocycles. The Bertz CT molecular complexity index is 808. The number of benzene rings is 1. The van der Waals surface area contributed by atoms with Crippen LogP contribution >= 0.6 is 11.8 Å². The maximum absolute atomic E-state index is 11.9. The highest BCUT2D eigenvalue weighted by Crippen LogP contribution is 2.33. The zero-order valence-corrected chi connectivity index (χ0v) is 20.2. The van der Waals surface area contributed by atoms with Crippen molar-refractivity contribution in [3.8, 4) is 11.5 Å². The largest absolute Gasteiger partial charge is 0.497 e. The van der Waals surface area contributed by atoms with Gasteiger partial charge in [0.05, 0.1) is 39.0 Å². The fraction of sp³-hybridized carbons (Fsp3) is 0.609. The summed E-state index contributed by atoms with van der Waals surface area (Å²) in [4.78, 5) is 35.1. The van der Waals surface area contributed by atoms with Crippen LogP contribution in [0.5, 0.6) is 11.5 Å². The lowest BCUT2D eigenvalue weighted by Gasteiger charge is -2.16. The number of carbonyl (C=O) groups excluding carboxylic acids is 3. The summed E-state index contributed by atoms with van der Waals surface area (Å²) in [5.41, 5.74) is 0. The van der Waals surface area contributed by atoms with Crippen LogP contribution in [0, 0.1) is 0 Å². The van der Waals surface area contributed by atoms with E-state index in [1.807, 2.05) is 11.8 Å². The predicted octanol–water partition coefficient (Wildman–Crippen LogP) is 1.48. The van der Waals surface area contributed by atoms with Crippen LogP contribution in [0.3, 0.4) is 0 Å². The van der Waals surface area contributed by atoms with Gasteiger partial charge in [0.1, 0.15) is 18.1 Å². The lowest BCUT2D eigenvalue weighted by molar-refractivity contribution is -0.140. The highest BCUT2D eigenvalue weighted by molar-refractivity contribution is 8.00. The molecule has 3 atom stereocenters. The number of amides is 3. The average molecular weight is 496 g/mol. The van der Waals surface area contributed by atoms with E-state index in [2.05, 4.69) is 16.0 Å². The van der Waals surface area contributed by atoms with Crippen LogP contribution in [0.25, 0.3) is 0 Å². The van der Waals surface area contributed by atoms with Gasteiger partial charge in [0.15, 0.2) is 0 Å². The third-order valence-electron chi connectivity index (χ3n) is 5.53. The molecule has 0 bridgehead atoms. The summed E-state index contributed by atoms with van der Waals surface area (Å²) in [6.45, 7) is 1.20. The Morgan fingerprint density at radius 1 is 1.06 bits per heavy atom. The molecule has 1 aromatic carbocycles. The minimum atomic E-state index is -0.492. The lowest BCUT2D eigenvalue weighted by Crippen LogP contribution is -2.36. The molecule has 0 spiro atoms. The highest BCUT2D eigenvalue weighted by Gasteiger charge is 2.42. The number of ether oxygens (including phenoxy) is 4. The second kappa shape index (κ2) is 14.0. The summed E-state index contributed by atoms with van der Waals surface area (Å²) in [5.74, 6) is 1.57. The second-order valence-corrected chi connectivity index (χ2v) is 9.30. The van der Waals surface area contributed by atoms with Crippen LogP contribution in [0.1, 0.15) is 25.7 Å². The van der Waals surface area contributed by atoms with Gasteiger partial charge in [-0.1, -0.05) is 6.42 Å². The first kappa shape index (κ1) is 26.1. The van der Waals surface area contributed by atoms with Crippen molar-refractivity contribution in [1.29, 1.82) is 0 Å². The average Bonchev–Trinajstić information content (AvgIpc) is 3.38. The van der Waals surface area contributed by atoms with E-state index in [9.17, 15) is 14.4 Å². The van der Waals surface area contributed by atoms with Crippen molar-refractivity contribution in [2.24, 2.45) is 0 Å². The Kier molecular flexibility index (Phi) is 10.8. The minimum Gasteiger partial charge on any atom is -0.497 e. The monoisotopic (exact) mass is 495 g/mol. The predicted molar refractivity (Wildman–Crippen MR) is 127 cm³/mol. The van der Waals surface area contributed by atoms with Crippen molar-refractivity contribution in [3.63, 3.8) is 0 Å². The van der Waals surface area contributed by atoms with Gasteiger partial charge in [-0.25, -0.2) is 9.59 Å². The van der Waals surface area contributed by atoms with E-state index < -0.39 is 5.97 Å². The molecule has 10 nitrogen and oxygen atoms in total. The number of thioether (sulfide) groups is 1. The number of carbonyl (C=O) groups is 3. The van der Waals surface area contributed by atoms with Crippen LogP contribution in [0.15, 0.2) is 24.3 Å². The molecule has 1 aromatic rings. The summed E-state index contributed by atoms with van der Waals surface area (Å²) in [5, 5.41) is 9.19. The normalized spacial score (nSPS) is 20.9. The van der Waals surface area contributed by atoms with Gasteiger partial charge in [0, 0.05) is 24.0 Å². The Morgan fingerprint density at radius 3 is 2.62 bits per heavy atom. The highest BCUT2D eigenvalue weighted by atomic mass is 32.2. The molecular weight excluding hydrogens is 462 g/mol. The number of urea groups is 1. The van der Waals surface area contributed by atoms with Gasteiger partial charge in [-0.05, 0) is 37.1 Å². The molecule has 188 valence electrons. The summed E-state index contributed by atoms with van der Waals surface area (Å²) in [6, 6.07) is 7.08. The van der Waals surface area contributed by atoms with E-state index in [1.54, 1.807) is 31.4 Å². The van der Waals surface area contributed by atoms with E-state index in [4.69, 9.17) is 18.9 Å². The van der Waals surface area contributed by atoms with E-state index in [-0.39, 0.29) is 37.2 Å². The number of nitrogens with one attached hydrogen (secondary N) is 3. The van der Waals surface area contributed by atoms with Crippen molar-refractivity contribution in [2.75, 3.05) is 45.8 Å². The van der Waals surface area contributed by atoms with Gasteiger partial charge < -0.3 is 34.9 Å². The molecule has 0 aliphatic carbocycles. The van der Waals surface area contributed by atoms with Crippen molar-refractivity contribution >= 4 is 29.7 Å². The minimum absolute atomic E-state index is 0.00825. The number of hydrogen-bond acceptors (Lipinski definition) is 8. The quantitative estimate of drug-likeness (QED) is 0.145. The molecular formula is C23H33N3O7S. The maximum Gasteiger partial charge on any atom is 0.337 e. The van der Waals surface area contributed by atoms with E-state index in [0.717, 1.165) is 25.0 Å². The van der Waals surface area contributed by atoms with Gasteiger partial charge in [-0.2, -0.15) is 11.8 Å². The molecule has 34 heavy (non-hydrogen) atoms. The van der Waals surface area contributed by atoms with Gasteiger partial charge in [-0.3, -0.25) is 4.79 Å². The lowest BCUT2D eigenvalue weighted by atomic mass is 10.0. The summed E-state index contributed by atoms with van der Waals surface area (Å²) in [6.07, 6.45) is 3.26. The van der Waals surface area contributed by atoms with Crippen molar-refractivity contribution < 1.29 is 33.3 Å². The van der Waals surface area contributed by atoms with Crippen LogP contribution in [-0.2, 0) is 19.1 Å². The summed E-state index contributed by atoms with van der Waals surface area (Å²) in [7, 11) is 1.56. The number of methoxy groups -OCH3 is 1. The molecule has 0 saturated carbocycles. The van der Waals surface area contributed by atoms with Crippen molar-refractivity contribution in [2.45, 2.75) is 43.0 Å². The van der Waals surface area contributed by atoms with E-state index in [1.165, 1.54) is 0 Å². The standard InChI is InChI=1S/C23H33N3O7S/c1-30-16-6-8-17(9-7-16)33-21(28)14-32-13-12-31-11-10-24-20(27)5-3-2-4-19-22-18(15-34-19)25-23(29)26-22/h6-9,18-19,22H,2-5,10-15H2,1H3,(H,24,27)(H2,25,26,29)/t18-,19-,22-/m0/s1. The molecule has 11 heteroatoms. The van der Waals surface area contributed by atoms with E-state index >= 15 is 0 Å². The molecule has 2 aliphatic rings. The molecule has 0 unspecified atom stereocenters. The van der Waals surface area contributed by atoms with Gasteiger partial charge in [-0.15, -0.1) is 0 Å². The molecule has 2 heterocycles. The molecule has 0 aromatic heterocycles. The van der Waals surface area contributed by atoms with Gasteiger partial charge >= 0.3 is 12.0 Å². The molecule has 0 radical (unpaired) electrons. The molecule has 2 saturated heterocycles. The first-order valence-corrected chi connectivity index (χ1v) is 12.6. The SMILES string of the molecule is COc1ccc(OC(=O)COCCOCCNC(=O)CCCC[C@@H]2SC[C@@H]3NC(=O)N[C@@H]32)cc1. The number of hydrogen-bond donors (Lipinski definition) is 3. The Morgan fingerprint density at radius 2 is 1.82 bits per heavy atom. The zero-order chi connectivity index (χ0) is 24.2. The number of fused-ring (bicyclic) bond motifs is 1. The third kappa shape index (κ3) is 8.69. The number of esters is 1. The van der Waals surface area contributed by atoms with Gasteiger partial charge in [0.2, 0.25) is 5.91 Å². The zero-order valence-electron chi connectivity index (χ0n) is 19.4. The maximum atomic E-state index is 11.9. The van der Waals surface area contributed by atoms with Crippen LogP contribution in [0.4, 0.5) is 4.79 Å². The van der Waals surface area contributed by atoms with Gasteiger partial charge in [0.25, 0.3) is 0 Å². The number of rotatable bonds is 15. The van der Waals surface area contributed by atoms with Crippen LogP contribution < -0.4 is 25.4 Å². The fourth-order valence-electron chi connectivity index (χ4n) is 3.81. The van der Waals surface area contributed by atoms with Crippen LogP contribution in [0.2, 0.25) is 0 Å². The van der Waals surface area contributed by atoms with E-state index in [0.29, 0.717) is 42.9 Å². The van der Waals surface area contributed by atoms with Crippen molar-refractivity contribution in [3.05, 3.63) is 24.3 Å². The molecule has 2 fully saturated rings. The first-order valence-electron chi connectivity index (χ1n) is 11.5. The number of unbranched alkanes of at least 4 members (excludes halogenated alkanes) is 1. The Balaban J connectivity index is 1.11.